The van der Waals surface area contributed by atoms with Crippen LogP contribution in [0.3, 0.4) is 0 Å². The molecule has 0 fully saturated rings. The minimum absolute atomic E-state index is 0.0227. The van der Waals surface area contributed by atoms with E-state index in [9.17, 15) is 0 Å². The number of nitrogens with zero attached hydrogens (tertiary/aromatic N) is 3. The summed E-state index contributed by atoms with van der Waals surface area (Å²) >= 11 is 0.0227. The molecule has 0 saturated carbocycles. The fourth-order valence-electron chi connectivity index (χ4n) is 2.02. The summed E-state index contributed by atoms with van der Waals surface area (Å²) in [6, 6.07) is 14.1. The van der Waals surface area contributed by atoms with E-state index in [0.717, 1.165) is 33.5 Å². The Morgan fingerprint density at radius 3 is 2.72 bits per heavy atom. The number of nitrogens with one attached hydrogen (secondary N) is 1. The second-order valence-corrected chi connectivity index (χ2v) is 5.18. The number of rotatable bonds is 1. The summed E-state index contributed by atoms with van der Waals surface area (Å²) in [7, 11) is 0. The zero-order valence-electron chi connectivity index (χ0n) is 9.29. The van der Waals surface area contributed by atoms with Gasteiger partial charge >= 0.3 is 109 Å². The van der Waals surface area contributed by atoms with Gasteiger partial charge in [0.15, 0.2) is 0 Å². The van der Waals surface area contributed by atoms with Crippen LogP contribution in [-0.2, 0) is 0 Å². The zero-order valence-corrected chi connectivity index (χ0v) is 11.0. The summed E-state index contributed by atoms with van der Waals surface area (Å²) in [5, 5.41) is 0. The summed E-state index contributed by atoms with van der Waals surface area (Å²) in [5.41, 5.74) is 5.07. The molecule has 0 aliphatic heterocycles. The Morgan fingerprint density at radius 1 is 0.889 bits per heavy atom. The summed E-state index contributed by atoms with van der Waals surface area (Å²) in [6.45, 7) is 0. The van der Waals surface area contributed by atoms with Crippen LogP contribution < -0.4 is 0 Å². The third kappa shape index (κ3) is 1.49. The standard InChI is InChI=1S/C13H8N4Se/c1-2-4-10-9(3-1)14-13(15-10)8-5-6-11-12(7-8)17-18-16-11/h1-7H,(H,14,15). The molecule has 1 N–H and O–H groups in total. The van der Waals surface area contributed by atoms with Gasteiger partial charge in [0.25, 0.3) is 0 Å². The van der Waals surface area contributed by atoms with Gasteiger partial charge in [0, 0.05) is 0 Å². The molecular formula is C13H8N4Se. The monoisotopic (exact) mass is 300 g/mol. The zero-order chi connectivity index (χ0) is 11.9. The first-order valence-corrected chi connectivity index (χ1v) is 7.11. The quantitative estimate of drug-likeness (QED) is 0.548. The van der Waals surface area contributed by atoms with Crippen LogP contribution in [-0.4, -0.2) is 32.9 Å². The molecule has 0 radical (unpaired) electrons. The molecule has 86 valence electrons. The number of hydrogen-bond acceptors (Lipinski definition) is 3. The Bertz CT molecular complexity index is 813. The Hall–Kier alpha value is -1.97. The van der Waals surface area contributed by atoms with Crippen LogP contribution in [0.1, 0.15) is 0 Å². The van der Waals surface area contributed by atoms with E-state index in [2.05, 4.69) is 17.9 Å². The first-order chi connectivity index (χ1) is 8.90. The first-order valence-electron chi connectivity index (χ1n) is 5.57. The van der Waals surface area contributed by atoms with Gasteiger partial charge in [-0.2, -0.15) is 0 Å². The summed E-state index contributed by atoms with van der Waals surface area (Å²) in [4.78, 5) is 7.91. The molecule has 2 aromatic carbocycles. The van der Waals surface area contributed by atoms with Crippen LogP contribution in [0.25, 0.3) is 33.5 Å². The molecule has 0 amide bonds. The number of fused-ring (bicyclic) bond motifs is 2. The second-order valence-electron chi connectivity index (χ2n) is 4.07. The molecular weight excluding hydrogens is 291 g/mol. The molecule has 0 unspecified atom stereocenters. The number of hydrogen-bond donors (Lipinski definition) is 1. The van der Waals surface area contributed by atoms with Crippen LogP contribution in [0, 0.1) is 0 Å². The number of aromatic amines is 1. The van der Waals surface area contributed by atoms with Gasteiger partial charge in [-0.05, 0) is 0 Å². The molecule has 0 aliphatic rings. The fraction of sp³-hybridized carbons (Fsp3) is 0. The van der Waals surface area contributed by atoms with Gasteiger partial charge in [-0.1, -0.05) is 0 Å². The van der Waals surface area contributed by atoms with Gasteiger partial charge in [-0.3, -0.25) is 0 Å². The molecule has 0 atom stereocenters. The van der Waals surface area contributed by atoms with Crippen molar-refractivity contribution in [2.24, 2.45) is 0 Å². The van der Waals surface area contributed by atoms with Gasteiger partial charge in [0.2, 0.25) is 0 Å². The van der Waals surface area contributed by atoms with Crippen molar-refractivity contribution in [1.29, 1.82) is 0 Å². The molecule has 5 heteroatoms. The topological polar surface area (TPSA) is 54.5 Å². The number of H-pyrrole nitrogens is 1. The molecule has 0 bridgehead atoms. The van der Waals surface area contributed by atoms with Crippen LogP contribution in [0.2, 0.25) is 0 Å². The van der Waals surface area contributed by atoms with E-state index in [1.54, 1.807) is 0 Å². The molecule has 4 aromatic rings. The predicted molar refractivity (Wildman–Crippen MR) is 71.6 cm³/mol. The van der Waals surface area contributed by atoms with Gasteiger partial charge in [-0.25, -0.2) is 0 Å². The van der Waals surface area contributed by atoms with E-state index in [1.807, 2.05) is 42.5 Å². The summed E-state index contributed by atoms with van der Waals surface area (Å²) in [6.07, 6.45) is 0. The predicted octanol–water partition coefficient (Wildman–Crippen LogP) is 2.23. The van der Waals surface area contributed by atoms with Gasteiger partial charge in [0.05, 0.1) is 0 Å². The van der Waals surface area contributed by atoms with E-state index >= 15 is 0 Å². The third-order valence-electron chi connectivity index (χ3n) is 2.92. The van der Waals surface area contributed by atoms with E-state index in [1.165, 1.54) is 0 Å². The molecule has 2 heterocycles. The van der Waals surface area contributed by atoms with E-state index < -0.39 is 0 Å². The number of aromatic nitrogens is 4. The van der Waals surface area contributed by atoms with Gasteiger partial charge < -0.3 is 0 Å². The number of imidazole rings is 1. The van der Waals surface area contributed by atoms with Crippen LogP contribution in [0.4, 0.5) is 0 Å². The maximum atomic E-state index is 4.59. The molecule has 4 rings (SSSR count). The maximum absolute atomic E-state index is 4.59. The summed E-state index contributed by atoms with van der Waals surface area (Å²) in [5.74, 6) is 0.883. The number of para-hydroxylation sites is 2. The van der Waals surface area contributed by atoms with Crippen molar-refractivity contribution in [3.8, 4) is 11.4 Å². The molecule has 0 aliphatic carbocycles. The Morgan fingerprint density at radius 2 is 1.78 bits per heavy atom. The van der Waals surface area contributed by atoms with Crippen molar-refractivity contribution in [3.63, 3.8) is 0 Å². The van der Waals surface area contributed by atoms with Crippen molar-refractivity contribution in [2.75, 3.05) is 0 Å². The fourth-order valence-corrected chi connectivity index (χ4v) is 3.10. The van der Waals surface area contributed by atoms with E-state index in [0.29, 0.717) is 0 Å². The van der Waals surface area contributed by atoms with E-state index in [-0.39, 0.29) is 15.0 Å². The van der Waals surface area contributed by atoms with Gasteiger partial charge in [0.1, 0.15) is 0 Å². The normalized spacial score (nSPS) is 11.3. The van der Waals surface area contributed by atoms with Crippen molar-refractivity contribution in [2.45, 2.75) is 0 Å². The average molecular weight is 299 g/mol. The van der Waals surface area contributed by atoms with Crippen molar-refractivity contribution < 1.29 is 0 Å². The molecule has 2 aromatic heterocycles. The molecule has 18 heavy (non-hydrogen) atoms. The Labute approximate surface area is 109 Å². The molecule has 0 spiro atoms. The third-order valence-corrected chi connectivity index (χ3v) is 4.08. The van der Waals surface area contributed by atoms with Crippen molar-refractivity contribution in [3.05, 3.63) is 42.5 Å². The van der Waals surface area contributed by atoms with Crippen LogP contribution >= 0.6 is 0 Å². The van der Waals surface area contributed by atoms with Crippen molar-refractivity contribution >= 4 is 37.0 Å². The average Bonchev–Trinajstić information content (AvgIpc) is 3.04. The minimum atomic E-state index is 0.0227. The Kier molecular flexibility index (Phi) is 2.09. The van der Waals surface area contributed by atoms with Crippen LogP contribution in [0.5, 0.6) is 0 Å². The second kappa shape index (κ2) is 3.77. The van der Waals surface area contributed by atoms with Gasteiger partial charge in [-0.15, -0.1) is 0 Å². The molecule has 0 saturated heterocycles. The van der Waals surface area contributed by atoms with Crippen molar-refractivity contribution in [1.82, 2.24) is 17.9 Å². The SMILES string of the molecule is c1ccc2[nH]c(-c3ccc4n[se]nc4c3)nc2c1. The summed E-state index contributed by atoms with van der Waals surface area (Å²) < 4.78 is 8.74. The molecule has 4 nitrogen and oxygen atoms in total. The Balaban J connectivity index is 1.94. The first kappa shape index (κ1) is 10.00. The van der Waals surface area contributed by atoms with E-state index in [4.69, 9.17) is 0 Å². The number of benzene rings is 2. The van der Waals surface area contributed by atoms with Crippen LogP contribution in [0.15, 0.2) is 42.5 Å².